The number of carbonyl (C=O) groups excluding carboxylic acids is 4. The fraction of sp³-hybridized carbons (Fsp3) is 0.525. The minimum atomic E-state index is -0.630. The molecule has 0 amide bonds. The third kappa shape index (κ3) is 21.8. The van der Waals surface area contributed by atoms with Crippen molar-refractivity contribution in [3.63, 3.8) is 0 Å². The van der Waals surface area contributed by atoms with E-state index in [2.05, 4.69) is 62.5 Å². The van der Waals surface area contributed by atoms with Crippen LogP contribution >= 0.6 is 34.8 Å². The van der Waals surface area contributed by atoms with E-state index in [1.807, 2.05) is 90.0 Å². The first-order valence-corrected chi connectivity index (χ1v) is 29.3. The van der Waals surface area contributed by atoms with Gasteiger partial charge in [0.1, 0.15) is 37.9 Å². The van der Waals surface area contributed by atoms with Crippen molar-refractivity contribution in [1.82, 2.24) is 74.3 Å². The monoisotopic (exact) mass is 1280 g/mol. The van der Waals surface area contributed by atoms with Crippen LogP contribution < -0.4 is 10.8 Å². The predicted octanol–water partition coefficient (Wildman–Crippen LogP) is 12.0. The van der Waals surface area contributed by atoms with Crippen molar-refractivity contribution in [2.24, 2.45) is 5.92 Å². The van der Waals surface area contributed by atoms with Crippen LogP contribution in [0.5, 0.6) is 0 Å². The molecule has 0 radical (unpaired) electrons. The molecule has 0 aromatic carbocycles. The summed E-state index contributed by atoms with van der Waals surface area (Å²) < 4.78 is 37.3. The Bertz CT molecular complexity index is 3470. The maximum Gasteiger partial charge on any atom is 0.498 e. The standard InChI is InChI=1S/C14H23BN2O4.C14H22ClN3O2.C13H15ClN4O2.C13H16N4O2.C5H5ClN2/c1-12(2,3)19-11(18)17-9-10(8-16-17)15-20-13(4,5)14(6,7)21-15;1-9-5-10(7-16-6-9)11-8-17-18(12(11)15)13(19)20-14(2,3)4;1-8-5-15-7-10(17-8)9-6-16-18(11(9)14)12(19)20-13(2,3)4;1-9-5-14-7-11(16-9)10-6-15-17(8-10)12(18)19-13(2,3)4;1-4-2-7-3-5(6)8-4/h8-9H,1-7H3;8-10,16H,5-7H2,1-4H3;5-7H,1-4H3;5-8H,1-4H3;2-3H,1H3. The second kappa shape index (κ2) is 29.4. The summed E-state index contributed by atoms with van der Waals surface area (Å²) in [6.07, 6.45) is 17.9. The van der Waals surface area contributed by atoms with E-state index in [-0.39, 0.29) is 5.15 Å². The Morgan fingerprint density at radius 3 is 1.47 bits per heavy atom. The number of nitrogens with zero attached hydrogens (tertiary/aromatic N) is 14. The van der Waals surface area contributed by atoms with Crippen molar-refractivity contribution in [3.8, 4) is 22.5 Å². The van der Waals surface area contributed by atoms with Gasteiger partial charge in [-0.25, -0.2) is 34.1 Å². The normalized spacial score (nSPS) is 16.2. The molecule has 0 saturated carbocycles. The summed E-state index contributed by atoms with van der Waals surface area (Å²) >= 11 is 17.9. The summed E-state index contributed by atoms with van der Waals surface area (Å²) in [5, 5.41) is 20.4. The largest absolute Gasteiger partial charge is 0.498 e. The first-order chi connectivity index (χ1) is 40.6. The van der Waals surface area contributed by atoms with Crippen molar-refractivity contribution in [2.75, 3.05) is 13.1 Å². The topological polar surface area (TPSA) is 284 Å². The highest BCUT2D eigenvalue weighted by Crippen LogP contribution is 2.37. The third-order valence-corrected chi connectivity index (χ3v) is 13.2. The van der Waals surface area contributed by atoms with Gasteiger partial charge < -0.3 is 33.6 Å². The summed E-state index contributed by atoms with van der Waals surface area (Å²) in [4.78, 5) is 72.1. The molecule has 1 N–H and O–H groups in total. The average molecular weight is 1280 g/mol. The molecule has 2 atom stereocenters. The van der Waals surface area contributed by atoms with E-state index in [0.29, 0.717) is 44.6 Å². The molecular formula is C59H81BCl3N15O10. The smallest absolute Gasteiger partial charge is 0.442 e. The molecule has 7 aromatic rings. The van der Waals surface area contributed by atoms with Crippen molar-refractivity contribution >= 4 is 71.8 Å². The second-order valence-corrected chi connectivity index (χ2v) is 26.8. The van der Waals surface area contributed by atoms with Gasteiger partial charge in [0.2, 0.25) is 0 Å². The number of hydrogen-bond acceptors (Lipinski definition) is 21. The van der Waals surface area contributed by atoms with E-state index in [9.17, 15) is 19.2 Å². The van der Waals surface area contributed by atoms with Gasteiger partial charge in [0, 0.05) is 66.2 Å². The number of hydrogen-bond donors (Lipinski definition) is 1. The van der Waals surface area contributed by atoms with Crippen LogP contribution in [0.2, 0.25) is 15.5 Å². The van der Waals surface area contributed by atoms with E-state index in [1.165, 1.54) is 12.4 Å². The molecule has 88 heavy (non-hydrogen) atoms. The van der Waals surface area contributed by atoms with Crippen molar-refractivity contribution < 1.29 is 47.4 Å². The highest BCUT2D eigenvalue weighted by molar-refractivity contribution is 6.62. The van der Waals surface area contributed by atoms with Gasteiger partial charge in [-0.3, -0.25) is 15.0 Å². The second-order valence-electron chi connectivity index (χ2n) is 25.7. The van der Waals surface area contributed by atoms with Crippen LogP contribution in [-0.4, -0.2) is 147 Å². The zero-order valence-corrected chi connectivity index (χ0v) is 56.0. The van der Waals surface area contributed by atoms with Gasteiger partial charge in [0.25, 0.3) is 0 Å². The van der Waals surface area contributed by atoms with E-state index in [4.69, 9.17) is 63.1 Å². The molecule has 2 aliphatic heterocycles. The molecule has 476 valence electrons. The van der Waals surface area contributed by atoms with Crippen LogP contribution in [0.3, 0.4) is 0 Å². The summed E-state index contributed by atoms with van der Waals surface area (Å²) in [5.41, 5.74) is 3.37. The molecule has 29 heteroatoms. The van der Waals surface area contributed by atoms with Crippen LogP contribution in [0.4, 0.5) is 19.2 Å². The van der Waals surface area contributed by atoms with Crippen LogP contribution in [0.1, 0.15) is 153 Å². The third-order valence-electron chi connectivity index (χ3n) is 12.3. The zero-order chi connectivity index (χ0) is 65.9. The number of aryl methyl sites for hydroxylation is 3. The summed E-state index contributed by atoms with van der Waals surface area (Å²) in [6.45, 7) is 39.1. The van der Waals surface area contributed by atoms with Gasteiger partial charge in [0.05, 0.1) is 82.4 Å². The highest BCUT2D eigenvalue weighted by atomic mass is 35.5. The zero-order valence-electron chi connectivity index (χ0n) is 53.8. The van der Waals surface area contributed by atoms with Crippen molar-refractivity contribution in [1.29, 1.82) is 0 Å². The summed E-state index contributed by atoms with van der Waals surface area (Å²) in [7, 11) is -0.536. The summed E-state index contributed by atoms with van der Waals surface area (Å²) in [6, 6.07) is 0. The number of nitrogens with one attached hydrogen (secondary N) is 1. The molecule has 9 rings (SSSR count). The maximum absolute atomic E-state index is 12.0. The first kappa shape index (κ1) is 71.5. The Labute approximate surface area is 529 Å². The van der Waals surface area contributed by atoms with Gasteiger partial charge in [-0.15, -0.1) is 0 Å². The number of aromatic nitrogens is 14. The highest BCUT2D eigenvalue weighted by Gasteiger charge is 2.52. The lowest BCUT2D eigenvalue weighted by Crippen LogP contribution is -2.41. The minimum Gasteiger partial charge on any atom is -0.442 e. The fourth-order valence-corrected chi connectivity index (χ4v) is 8.49. The Balaban J connectivity index is 0.000000205. The number of rotatable bonds is 4. The Morgan fingerprint density at radius 1 is 0.545 bits per heavy atom. The van der Waals surface area contributed by atoms with Gasteiger partial charge in [-0.2, -0.15) is 39.1 Å². The molecule has 0 spiro atoms. The van der Waals surface area contributed by atoms with Gasteiger partial charge in [0.15, 0.2) is 0 Å². The lowest BCUT2D eigenvalue weighted by atomic mass is 9.82. The number of halogens is 3. The molecule has 0 aliphatic carbocycles. The van der Waals surface area contributed by atoms with Crippen LogP contribution in [-0.2, 0) is 28.3 Å². The molecule has 2 saturated heterocycles. The van der Waals surface area contributed by atoms with E-state index in [0.717, 1.165) is 66.4 Å². The van der Waals surface area contributed by atoms with E-state index in [1.54, 1.807) is 104 Å². The Kier molecular flexibility index (Phi) is 23.9. The SMILES string of the molecule is CC(C)(C)OC(=O)n1cc(B2OC(C)(C)C(C)(C)O2)cn1.CC1CNCC(c2cnn(C(=O)OC(C)(C)C)c2Cl)C1.Cc1cncc(-c2cnn(C(=O)OC(C)(C)C)c2)n1.Cc1cncc(-c2cnn(C(=O)OC(C)(C)C)c2Cl)n1.Cc1cncc(Cl)n1. The van der Waals surface area contributed by atoms with Gasteiger partial charge in [-0.1, -0.05) is 41.7 Å². The minimum absolute atomic E-state index is 0.152. The molecule has 2 aliphatic rings. The van der Waals surface area contributed by atoms with Gasteiger partial charge in [-0.05, 0) is 150 Å². The summed E-state index contributed by atoms with van der Waals surface area (Å²) in [5.74, 6) is 0.886. The first-order valence-electron chi connectivity index (χ1n) is 28.2. The van der Waals surface area contributed by atoms with Crippen molar-refractivity contribution in [3.05, 3.63) is 112 Å². The van der Waals surface area contributed by atoms with Crippen LogP contribution in [0.15, 0.2) is 74.4 Å². The molecule has 7 aromatic heterocycles. The average Bonchev–Trinajstić information content (AvgIpc) is 2.34. The number of ether oxygens (including phenoxy) is 4. The number of piperidine rings is 1. The quantitative estimate of drug-likeness (QED) is 0.127. The molecule has 0 bridgehead atoms. The van der Waals surface area contributed by atoms with E-state index >= 15 is 0 Å². The Hall–Kier alpha value is -7.23. The van der Waals surface area contributed by atoms with Crippen LogP contribution in [0.25, 0.3) is 22.5 Å². The number of carbonyl (C=O) groups is 4. The molecule has 9 heterocycles. The predicted molar refractivity (Wildman–Crippen MR) is 334 cm³/mol. The maximum atomic E-state index is 12.0. The fourth-order valence-electron chi connectivity index (χ4n) is 7.72. The Morgan fingerprint density at radius 2 is 0.989 bits per heavy atom. The van der Waals surface area contributed by atoms with Crippen molar-refractivity contribution in [2.45, 2.75) is 184 Å². The lowest BCUT2D eigenvalue weighted by Gasteiger charge is -2.32. The molecular weight excluding hydrogens is 1200 g/mol. The lowest BCUT2D eigenvalue weighted by molar-refractivity contribution is 0.00578. The van der Waals surface area contributed by atoms with Crippen LogP contribution in [0, 0.1) is 26.7 Å². The van der Waals surface area contributed by atoms with E-state index < -0.39 is 65.1 Å². The molecule has 25 nitrogen and oxygen atoms in total. The molecule has 2 unspecified atom stereocenters. The molecule has 2 fully saturated rings. The van der Waals surface area contributed by atoms with Gasteiger partial charge >= 0.3 is 31.5 Å².